The number of carboxylic acids is 1. The summed E-state index contributed by atoms with van der Waals surface area (Å²) in [6.07, 6.45) is 1.15. The summed E-state index contributed by atoms with van der Waals surface area (Å²) in [5, 5.41) is 11.5. The Bertz CT molecular complexity index is 539. The molecule has 5 nitrogen and oxygen atoms in total. The van der Waals surface area contributed by atoms with Crippen molar-refractivity contribution < 1.29 is 18.7 Å². The molecule has 0 aromatic carbocycles. The molecule has 0 bridgehead atoms. The maximum Gasteiger partial charge on any atom is 0.338 e. The third kappa shape index (κ3) is 2.81. The average Bonchev–Trinajstić information content (AvgIpc) is 2.75. The standard InChI is InChI=1S/C11H9FN2O3/c12-9-2-1-3-10(14-9)13-5-8-4-7(6-17-8)11(15)16/h1-4,6H,5H2,(H,13,14)(H,15,16). The van der Waals surface area contributed by atoms with Gasteiger partial charge in [-0.3, -0.25) is 0 Å². The van der Waals surface area contributed by atoms with Crippen LogP contribution in [-0.4, -0.2) is 16.1 Å². The van der Waals surface area contributed by atoms with Gasteiger partial charge in [0.15, 0.2) is 0 Å². The Balaban J connectivity index is 2.00. The van der Waals surface area contributed by atoms with Gasteiger partial charge in [-0.25, -0.2) is 9.78 Å². The molecule has 17 heavy (non-hydrogen) atoms. The molecule has 0 saturated carbocycles. The lowest BCUT2D eigenvalue weighted by molar-refractivity contribution is 0.0696. The number of aromatic carboxylic acids is 1. The van der Waals surface area contributed by atoms with Crippen LogP contribution in [0.2, 0.25) is 0 Å². The summed E-state index contributed by atoms with van der Waals surface area (Å²) < 4.78 is 17.8. The number of carboxylic acid groups (broad SMARTS) is 1. The largest absolute Gasteiger partial charge is 0.478 e. The maximum absolute atomic E-state index is 12.8. The molecule has 0 fully saturated rings. The Hall–Kier alpha value is -2.37. The zero-order valence-electron chi connectivity index (χ0n) is 8.68. The summed E-state index contributed by atoms with van der Waals surface area (Å²) >= 11 is 0. The van der Waals surface area contributed by atoms with Gasteiger partial charge in [-0.2, -0.15) is 4.39 Å². The van der Waals surface area contributed by atoms with Crippen molar-refractivity contribution >= 4 is 11.8 Å². The monoisotopic (exact) mass is 236 g/mol. The summed E-state index contributed by atoms with van der Waals surface area (Å²) in [5.74, 6) is -0.837. The van der Waals surface area contributed by atoms with Crippen LogP contribution in [0.1, 0.15) is 16.1 Å². The highest BCUT2D eigenvalue weighted by molar-refractivity contribution is 5.87. The number of hydrogen-bond donors (Lipinski definition) is 2. The Morgan fingerprint density at radius 3 is 3.00 bits per heavy atom. The number of nitrogens with one attached hydrogen (secondary N) is 1. The fraction of sp³-hybridized carbons (Fsp3) is 0.0909. The zero-order chi connectivity index (χ0) is 12.3. The lowest BCUT2D eigenvalue weighted by atomic mass is 10.3. The highest BCUT2D eigenvalue weighted by Gasteiger charge is 2.08. The molecule has 0 aliphatic heterocycles. The van der Waals surface area contributed by atoms with Crippen LogP contribution < -0.4 is 5.32 Å². The molecule has 2 aromatic heterocycles. The van der Waals surface area contributed by atoms with E-state index >= 15 is 0 Å². The molecular formula is C11H9FN2O3. The topological polar surface area (TPSA) is 75.4 Å². The molecule has 0 amide bonds. The Morgan fingerprint density at radius 2 is 2.35 bits per heavy atom. The van der Waals surface area contributed by atoms with Crippen LogP contribution in [0.15, 0.2) is 34.9 Å². The quantitative estimate of drug-likeness (QED) is 0.795. The number of aromatic nitrogens is 1. The molecule has 2 heterocycles. The van der Waals surface area contributed by atoms with Crippen LogP contribution in [-0.2, 0) is 6.54 Å². The highest BCUT2D eigenvalue weighted by atomic mass is 19.1. The molecule has 0 atom stereocenters. The van der Waals surface area contributed by atoms with Gasteiger partial charge in [0.2, 0.25) is 5.95 Å². The lowest BCUT2D eigenvalue weighted by Gasteiger charge is -2.02. The molecule has 0 spiro atoms. The Kier molecular flexibility index (Phi) is 3.04. The molecule has 2 aromatic rings. The molecule has 88 valence electrons. The van der Waals surface area contributed by atoms with Crippen LogP contribution in [0.4, 0.5) is 10.2 Å². The van der Waals surface area contributed by atoms with E-state index in [9.17, 15) is 9.18 Å². The van der Waals surface area contributed by atoms with Gasteiger partial charge in [0, 0.05) is 0 Å². The number of pyridine rings is 1. The van der Waals surface area contributed by atoms with Gasteiger partial charge in [-0.05, 0) is 18.2 Å². The van der Waals surface area contributed by atoms with Crippen LogP contribution >= 0.6 is 0 Å². The highest BCUT2D eigenvalue weighted by Crippen LogP contribution is 2.10. The first-order valence-corrected chi connectivity index (χ1v) is 4.82. The molecule has 0 radical (unpaired) electrons. The fourth-order valence-electron chi connectivity index (χ4n) is 1.27. The molecule has 0 aliphatic carbocycles. The van der Waals surface area contributed by atoms with E-state index in [1.165, 1.54) is 18.2 Å². The van der Waals surface area contributed by atoms with E-state index in [1.54, 1.807) is 6.07 Å². The van der Waals surface area contributed by atoms with Crippen LogP contribution in [0, 0.1) is 5.95 Å². The van der Waals surface area contributed by atoms with E-state index in [0.717, 1.165) is 6.26 Å². The first-order chi connectivity index (χ1) is 8.15. The van der Waals surface area contributed by atoms with Crippen molar-refractivity contribution in [3.63, 3.8) is 0 Å². The smallest absolute Gasteiger partial charge is 0.338 e. The molecule has 0 unspecified atom stereocenters. The van der Waals surface area contributed by atoms with Crippen molar-refractivity contribution in [2.45, 2.75) is 6.54 Å². The summed E-state index contributed by atoms with van der Waals surface area (Å²) in [6.45, 7) is 0.240. The Morgan fingerprint density at radius 1 is 1.53 bits per heavy atom. The molecule has 6 heteroatoms. The zero-order valence-corrected chi connectivity index (χ0v) is 8.68. The summed E-state index contributed by atoms with van der Waals surface area (Å²) in [7, 11) is 0. The average molecular weight is 236 g/mol. The minimum absolute atomic E-state index is 0.0778. The second-order valence-electron chi connectivity index (χ2n) is 3.31. The van der Waals surface area contributed by atoms with E-state index < -0.39 is 11.9 Å². The lowest BCUT2D eigenvalue weighted by Crippen LogP contribution is -2.01. The predicted octanol–water partition coefficient (Wildman–Crippen LogP) is 2.12. The van der Waals surface area contributed by atoms with E-state index in [2.05, 4.69) is 10.3 Å². The van der Waals surface area contributed by atoms with Crippen molar-refractivity contribution in [3.8, 4) is 0 Å². The normalized spacial score (nSPS) is 10.2. The summed E-state index contributed by atoms with van der Waals surface area (Å²) in [5.41, 5.74) is 0.0778. The van der Waals surface area contributed by atoms with Gasteiger partial charge < -0.3 is 14.8 Å². The first kappa shape index (κ1) is 11.1. The van der Waals surface area contributed by atoms with Crippen LogP contribution in [0.5, 0.6) is 0 Å². The van der Waals surface area contributed by atoms with E-state index in [0.29, 0.717) is 11.6 Å². The van der Waals surface area contributed by atoms with Gasteiger partial charge >= 0.3 is 5.97 Å². The number of nitrogens with zero attached hydrogens (tertiary/aromatic N) is 1. The number of hydrogen-bond acceptors (Lipinski definition) is 4. The van der Waals surface area contributed by atoms with Crippen molar-refractivity contribution in [1.82, 2.24) is 4.98 Å². The van der Waals surface area contributed by atoms with Gasteiger partial charge in [0.25, 0.3) is 0 Å². The molecule has 2 N–H and O–H groups in total. The van der Waals surface area contributed by atoms with Crippen LogP contribution in [0.25, 0.3) is 0 Å². The maximum atomic E-state index is 12.8. The molecular weight excluding hydrogens is 227 g/mol. The number of rotatable bonds is 4. The van der Waals surface area contributed by atoms with Crippen molar-refractivity contribution in [1.29, 1.82) is 0 Å². The SMILES string of the molecule is O=C(O)c1coc(CNc2cccc(F)n2)c1. The predicted molar refractivity (Wildman–Crippen MR) is 57.2 cm³/mol. The number of furan rings is 1. The number of halogens is 1. The molecule has 0 aliphatic rings. The van der Waals surface area contributed by atoms with Gasteiger partial charge in [0.05, 0.1) is 12.1 Å². The van der Waals surface area contributed by atoms with Crippen LogP contribution in [0.3, 0.4) is 0 Å². The minimum Gasteiger partial charge on any atom is -0.478 e. The number of carbonyl (C=O) groups is 1. The second kappa shape index (κ2) is 4.65. The van der Waals surface area contributed by atoms with Crippen molar-refractivity contribution in [2.24, 2.45) is 0 Å². The van der Waals surface area contributed by atoms with E-state index in [-0.39, 0.29) is 12.1 Å². The van der Waals surface area contributed by atoms with E-state index in [4.69, 9.17) is 9.52 Å². The van der Waals surface area contributed by atoms with E-state index in [1.807, 2.05) is 0 Å². The third-order valence-corrected chi connectivity index (χ3v) is 2.06. The van der Waals surface area contributed by atoms with Gasteiger partial charge in [-0.15, -0.1) is 0 Å². The Labute approximate surface area is 95.9 Å². The second-order valence-corrected chi connectivity index (χ2v) is 3.31. The minimum atomic E-state index is -1.05. The van der Waals surface area contributed by atoms with Gasteiger partial charge in [-0.1, -0.05) is 6.07 Å². The summed E-state index contributed by atoms with van der Waals surface area (Å²) in [6, 6.07) is 5.76. The third-order valence-electron chi connectivity index (χ3n) is 2.06. The number of anilines is 1. The van der Waals surface area contributed by atoms with Gasteiger partial charge in [0.1, 0.15) is 17.8 Å². The van der Waals surface area contributed by atoms with Crippen molar-refractivity contribution in [3.05, 3.63) is 47.8 Å². The van der Waals surface area contributed by atoms with Crippen molar-refractivity contribution in [2.75, 3.05) is 5.32 Å². The first-order valence-electron chi connectivity index (χ1n) is 4.82. The summed E-state index contributed by atoms with van der Waals surface area (Å²) in [4.78, 5) is 14.2. The molecule has 2 rings (SSSR count). The molecule has 0 saturated heterocycles. The fourth-order valence-corrected chi connectivity index (χ4v) is 1.27.